The third-order valence-corrected chi connectivity index (χ3v) is 3.93. The van der Waals surface area contributed by atoms with Gasteiger partial charge < -0.3 is 9.57 Å². The summed E-state index contributed by atoms with van der Waals surface area (Å²) in [5, 5.41) is 3.58. The van der Waals surface area contributed by atoms with Crippen LogP contribution in [0.5, 0.6) is 0 Å². The second-order valence-corrected chi connectivity index (χ2v) is 9.09. The number of ether oxygens (including phenoxy) is 1. The fourth-order valence-electron chi connectivity index (χ4n) is 2.34. The third-order valence-electron chi connectivity index (χ3n) is 3.40. The lowest BCUT2D eigenvalue weighted by atomic mass is 9.96. The Hall–Kier alpha value is -2.09. The van der Waals surface area contributed by atoms with Gasteiger partial charge in [0.2, 0.25) is 0 Å². The molecule has 28 heavy (non-hydrogen) atoms. The number of rotatable bonds is 6. The van der Waals surface area contributed by atoms with Crippen molar-refractivity contribution in [1.82, 2.24) is 5.06 Å². The standard InChI is InChI=1S/C20H29BrN2O5/c1-13(2)11-17(18(25)23(28-14(3)24)12-20(4,5)6)27-19(26)22-16-9-7-15(21)8-10-16/h7-10,13,17H,11-12H2,1-6H3,(H,22,26)/t17-/m0/s1. The number of nitrogens with zero attached hydrogens (tertiary/aromatic N) is 1. The van der Waals surface area contributed by atoms with Gasteiger partial charge in [0.25, 0.3) is 5.91 Å². The highest BCUT2D eigenvalue weighted by atomic mass is 79.9. The molecule has 1 rings (SSSR count). The Morgan fingerprint density at radius 2 is 1.71 bits per heavy atom. The molecule has 1 aromatic carbocycles. The van der Waals surface area contributed by atoms with Crippen molar-refractivity contribution in [2.75, 3.05) is 11.9 Å². The Bertz CT molecular complexity index is 683. The fraction of sp³-hybridized carbons (Fsp3) is 0.550. The van der Waals surface area contributed by atoms with E-state index in [9.17, 15) is 14.4 Å². The molecule has 0 aliphatic carbocycles. The van der Waals surface area contributed by atoms with Gasteiger partial charge in [-0.25, -0.2) is 4.79 Å². The van der Waals surface area contributed by atoms with Crippen LogP contribution in [0.4, 0.5) is 10.5 Å². The van der Waals surface area contributed by atoms with E-state index in [2.05, 4.69) is 21.2 Å². The maximum Gasteiger partial charge on any atom is 0.412 e. The van der Waals surface area contributed by atoms with Gasteiger partial charge in [-0.1, -0.05) is 50.5 Å². The SMILES string of the molecule is CC(=O)ON(CC(C)(C)C)C(=O)[C@H](CC(C)C)OC(=O)Nc1ccc(Br)cc1. The maximum atomic E-state index is 13.0. The average Bonchev–Trinajstić information content (AvgIpc) is 2.53. The first kappa shape index (κ1) is 23.9. The highest BCUT2D eigenvalue weighted by molar-refractivity contribution is 9.10. The van der Waals surface area contributed by atoms with Gasteiger partial charge in [0.05, 0.1) is 6.54 Å². The minimum atomic E-state index is -1.07. The first-order chi connectivity index (χ1) is 12.9. The number of hydroxylamine groups is 2. The number of anilines is 1. The van der Waals surface area contributed by atoms with Crippen LogP contribution in [0.2, 0.25) is 0 Å². The Kier molecular flexibility index (Phi) is 8.94. The second kappa shape index (κ2) is 10.5. The van der Waals surface area contributed by atoms with Crippen LogP contribution >= 0.6 is 15.9 Å². The minimum Gasteiger partial charge on any atom is -0.436 e. The van der Waals surface area contributed by atoms with E-state index in [-0.39, 0.29) is 17.9 Å². The summed E-state index contributed by atoms with van der Waals surface area (Å²) in [6.07, 6.45) is -1.52. The van der Waals surface area contributed by atoms with Gasteiger partial charge in [0, 0.05) is 17.1 Å². The second-order valence-electron chi connectivity index (χ2n) is 8.17. The normalized spacial score (nSPS) is 12.3. The van der Waals surface area contributed by atoms with E-state index in [0.717, 1.165) is 9.54 Å². The quantitative estimate of drug-likeness (QED) is 0.623. The van der Waals surface area contributed by atoms with Gasteiger partial charge in [0.15, 0.2) is 6.10 Å². The smallest absolute Gasteiger partial charge is 0.412 e. The Morgan fingerprint density at radius 1 is 1.14 bits per heavy atom. The molecule has 0 saturated carbocycles. The molecule has 8 heteroatoms. The van der Waals surface area contributed by atoms with Crippen LogP contribution in [0.3, 0.4) is 0 Å². The third kappa shape index (κ3) is 9.21. The molecule has 0 aliphatic rings. The zero-order valence-electron chi connectivity index (χ0n) is 17.2. The Labute approximate surface area is 174 Å². The molecule has 0 spiro atoms. The monoisotopic (exact) mass is 456 g/mol. The highest BCUT2D eigenvalue weighted by Crippen LogP contribution is 2.20. The number of benzene rings is 1. The van der Waals surface area contributed by atoms with Gasteiger partial charge in [-0.3, -0.25) is 14.9 Å². The van der Waals surface area contributed by atoms with Gasteiger partial charge in [-0.2, -0.15) is 5.06 Å². The van der Waals surface area contributed by atoms with E-state index in [1.165, 1.54) is 6.92 Å². The molecule has 0 radical (unpaired) electrons. The van der Waals surface area contributed by atoms with Gasteiger partial charge in [-0.05, 0) is 42.0 Å². The largest absolute Gasteiger partial charge is 0.436 e. The van der Waals surface area contributed by atoms with E-state index < -0.39 is 24.1 Å². The van der Waals surface area contributed by atoms with E-state index >= 15 is 0 Å². The van der Waals surface area contributed by atoms with Crippen LogP contribution in [0.25, 0.3) is 0 Å². The molecule has 2 amide bonds. The molecule has 0 aliphatic heterocycles. The molecular formula is C20H29BrN2O5. The number of carbonyl (C=O) groups excluding carboxylic acids is 3. The lowest BCUT2D eigenvalue weighted by molar-refractivity contribution is -0.206. The topological polar surface area (TPSA) is 84.9 Å². The predicted molar refractivity (Wildman–Crippen MR) is 110 cm³/mol. The summed E-state index contributed by atoms with van der Waals surface area (Å²) < 4.78 is 6.26. The van der Waals surface area contributed by atoms with E-state index in [1.807, 2.05) is 34.6 Å². The molecule has 156 valence electrons. The summed E-state index contributed by atoms with van der Waals surface area (Å²) in [7, 11) is 0. The number of amides is 2. The fourth-order valence-corrected chi connectivity index (χ4v) is 2.60. The van der Waals surface area contributed by atoms with Crippen molar-refractivity contribution >= 4 is 39.6 Å². The summed E-state index contributed by atoms with van der Waals surface area (Å²) in [6, 6.07) is 6.96. The average molecular weight is 457 g/mol. The zero-order valence-corrected chi connectivity index (χ0v) is 18.8. The molecule has 0 saturated heterocycles. The first-order valence-electron chi connectivity index (χ1n) is 9.10. The van der Waals surface area contributed by atoms with Crippen molar-refractivity contribution in [3.05, 3.63) is 28.7 Å². The summed E-state index contributed by atoms with van der Waals surface area (Å²) in [4.78, 5) is 41.8. The van der Waals surface area contributed by atoms with Crippen LogP contribution in [0, 0.1) is 11.3 Å². The van der Waals surface area contributed by atoms with Crippen molar-refractivity contribution in [3.8, 4) is 0 Å². The Morgan fingerprint density at radius 3 is 2.18 bits per heavy atom. The van der Waals surface area contributed by atoms with Gasteiger partial charge in [0.1, 0.15) is 0 Å². The number of carbonyl (C=O) groups is 3. The summed E-state index contributed by atoms with van der Waals surface area (Å²) in [5.41, 5.74) is 0.225. The minimum absolute atomic E-state index is 0.0863. The van der Waals surface area contributed by atoms with Crippen LogP contribution in [0.1, 0.15) is 48.0 Å². The first-order valence-corrected chi connectivity index (χ1v) is 9.90. The molecule has 1 N–H and O–H groups in total. The summed E-state index contributed by atoms with van der Waals surface area (Å²) in [6.45, 7) is 11.0. The number of hydrogen-bond acceptors (Lipinski definition) is 5. The van der Waals surface area contributed by atoms with E-state index in [1.54, 1.807) is 24.3 Å². The molecule has 0 bridgehead atoms. The van der Waals surface area contributed by atoms with Crippen LogP contribution < -0.4 is 5.32 Å². The number of nitrogens with one attached hydrogen (secondary N) is 1. The lowest BCUT2D eigenvalue weighted by Crippen LogP contribution is -2.46. The summed E-state index contributed by atoms with van der Waals surface area (Å²) in [5.74, 6) is -1.09. The van der Waals surface area contributed by atoms with Gasteiger partial charge >= 0.3 is 12.1 Å². The van der Waals surface area contributed by atoms with Crippen LogP contribution in [0.15, 0.2) is 28.7 Å². The predicted octanol–water partition coefficient (Wildman–Crippen LogP) is 4.77. The maximum absolute atomic E-state index is 13.0. The van der Waals surface area contributed by atoms with Crippen LogP contribution in [-0.4, -0.2) is 35.7 Å². The van der Waals surface area contributed by atoms with Crippen molar-refractivity contribution in [3.63, 3.8) is 0 Å². The molecular weight excluding hydrogens is 428 g/mol. The molecule has 0 aromatic heterocycles. The number of halogens is 1. The molecule has 0 unspecified atom stereocenters. The molecule has 1 atom stereocenters. The summed E-state index contributed by atoms with van der Waals surface area (Å²) >= 11 is 3.32. The van der Waals surface area contributed by atoms with Crippen molar-refractivity contribution in [2.45, 2.75) is 54.1 Å². The van der Waals surface area contributed by atoms with Crippen LogP contribution in [-0.2, 0) is 19.2 Å². The van der Waals surface area contributed by atoms with E-state index in [4.69, 9.17) is 9.57 Å². The van der Waals surface area contributed by atoms with E-state index in [0.29, 0.717) is 12.1 Å². The molecule has 1 aromatic rings. The van der Waals surface area contributed by atoms with Crippen molar-refractivity contribution < 1.29 is 24.0 Å². The molecule has 0 heterocycles. The molecule has 7 nitrogen and oxygen atoms in total. The van der Waals surface area contributed by atoms with Gasteiger partial charge in [-0.15, -0.1) is 0 Å². The van der Waals surface area contributed by atoms with Crippen molar-refractivity contribution in [2.24, 2.45) is 11.3 Å². The Balaban J connectivity index is 2.93. The zero-order chi connectivity index (χ0) is 21.5. The van der Waals surface area contributed by atoms with Crippen molar-refractivity contribution in [1.29, 1.82) is 0 Å². The lowest BCUT2D eigenvalue weighted by Gasteiger charge is -2.30. The highest BCUT2D eigenvalue weighted by Gasteiger charge is 2.33. The number of hydrogen-bond donors (Lipinski definition) is 1. The molecule has 0 fully saturated rings.